The highest BCUT2D eigenvalue weighted by Gasteiger charge is 2.23. The van der Waals surface area contributed by atoms with Gasteiger partial charge in [0.2, 0.25) is 5.89 Å². The molecule has 0 aliphatic rings. The molecule has 0 bridgehead atoms. The highest BCUT2D eigenvalue weighted by atomic mass is 16.5. The highest BCUT2D eigenvalue weighted by Crippen LogP contribution is 2.31. The molecule has 6 nitrogen and oxygen atoms in total. The second-order valence-corrected chi connectivity index (χ2v) is 10.9. The zero-order valence-corrected chi connectivity index (χ0v) is 26.1. The van der Waals surface area contributed by atoms with E-state index in [9.17, 15) is 4.79 Å². The number of esters is 1. The third-order valence-electron chi connectivity index (χ3n) is 7.84. The van der Waals surface area contributed by atoms with Crippen molar-refractivity contribution in [3.05, 3.63) is 156 Å². The fourth-order valence-corrected chi connectivity index (χ4v) is 5.55. The summed E-state index contributed by atoms with van der Waals surface area (Å²) >= 11 is 0. The molecule has 0 aliphatic heterocycles. The van der Waals surface area contributed by atoms with Gasteiger partial charge in [-0.3, -0.25) is 4.99 Å². The number of carbonyl (C=O) groups excluding carboxylic acids is 1. The molecule has 1 heterocycles. The standard InChI is InChI=1S/C40H36N2O4/c1-3-44-40(43)36(41-38(29-15-7-4-8-16-29)30-17-9-5-10-18-30)27-32-23-24-37(34-22-14-13-21-33(32)34)45-26-25-35-28(2)46-39(42-35)31-19-11-6-12-20-31/h4-24,36H,3,25-27H2,1-2H3. The normalized spacial score (nSPS) is 11.6. The van der Waals surface area contributed by atoms with Gasteiger partial charge in [0, 0.05) is 34.9 Å². The zero-order valence-electron chi connectivity index (χ0n) is 26.1. The van der Waals surface area contributed by atoms with E-state index < -0.39 is 6.04 Å². The van der Waals surface area contributed by atoms with Crippen molar-refractivity contribution in [1.29, 1.82) is 0 Å². The maximum Gasteiger partial charge on any atom is 0.331 e. The second-order valence-electron chi connectivity index (χ2n) is 10.9. The number of hydrogen-bond acceptors (Lipinski definition) is 6. The lowest BCUT2D eigenvalue weighted by Crippen LogP contribution is -2.26. The number of rotatable bonds is 12. The SMILES string of the molecule is CCOC(=O)C(Cc1ccc(OCCc2nc(-c3ccccc3)oc2C)c2ccccc12)N=C(c1ccccc1)c1ccccc1. The Balaban J connectivity index is 1.26. The van der Waals surface area contributed by atoms with Crippen molar-refractivity contribution in [2.45, 2.75) is 32.7 Å². The van der Waals surface area contributed by atoms with E-state index in [-0.39, 0.29) is 12.6 Å². The topological polar surface area (TPSA) is 73.9 Å². The summed E-state index contributed by atoms with van der Waals surface area (Å²) in [6.45, 7) is 4.47. The summed E-state index contributed by atoms with van der Waals surface area (Å²) in [4.78, 5) is 23.2. The molecule has 6 heteroatoms. The lowest BCUT2D eigenvalue weighted by Gasteiger charge is -2.17. The predicted octanol–water partition coefficient (Wildman–Crippen LogP) is 8.44. The van der Waals surface area contributed by atoms with Crippen molar-refractivity contribution in [2.24, 2.45) is 4.99 Å². The van der Waals surface area contributed by atoms with Gasteiger partial charge in [0.15, 0.2) is 6.04 Å². The maximum atomic E-state index is 13.4. The molecule has 1 unspecified atom stereocenters. The molecule has 1 atom stereocenters. The molecule has 6 aromatic rings. The van der Waals surface area contributed by atoms with E-state index in [0.717, 1.165) is 55.9 Å². The van der Waals surface area contributed by atoms with Gasteiger partial charge in [-0.05, 0) is 43.0 Å². The summed E-state index contributed by atoms with van der Waals surface area (Å²) in [5.41, 5.74) is 5.45. The molecule has 1 aromatic heterocycles. The molecule has 0 saturated heterocycles. The van der Waals surface area contributed by atoms with Gasteiger partial charge in [-0.15, -0.1) is 0 Å². The number of hydrogen-bond donors (Lipinski definition) is 0. The van der Waals surface area contributed by atoms with Crippen LogP contribution in [-0.2, 0) is 22.4 Å². The van der Waals surface area contributed by atoms with Crippen LogP contribution < -0.4 is 4.74 Å². The third-order valence-corrected chi connectivity index (χ3v) is 7.84. The fourth-order valence-electron chi connectivity index (χ4n) is 5.55. The Morgan fingerprint density at radius 1 is 0.783 bits per heavy atom. The van der Waals surface area contributed by atoms with Crippen molar-refractivity contribution in [3.63, 3.8) is 0 Å². The predicted molar refractivity (Wildman–Crippen MR) is 182 cm³/mol. The van der Waals surface area contributed by atoms with Crippen LogP contribution in [0.1, 0.15) is 35.1 Å². The average molecular weight is 609 g/mol. The van der Waals surface area contributed by atoms with Gasteiger partial charge >= 0.3 is 5.97 Å². The Bertz CT molecular complexity index is 1890. The first-order valence-corrected chi connectivity index (χ1v) is 15.6. The first kappa shape index (κ1) is 30.5. The van der Waals surface area contributed by atoms with Gasteiger partial charge in [-0.25, -0.2) is 9.78 Å². The molecule has 5 aromatic carbocycles. The van der Waals surface area contributed by atoms with Crippen molar-refractivity contribution in [2.75, 3.05) is 13.2 Å². The molecule has 0 fully saturated rings. The largest absolute Gasteiger partial charge is 0.493 e. The number of ether oxygens (including phenoxy) is 2. The monoisotopic (exact) mass is 608 g/mol. The summed E-state index contributed by atoms with van der Waals surface area (Å²) in [5, 5.41) is 1.98. The van der Waals surface area contributed by atoms with Crippen LogP contribution in [0.15, 0.2) is 137 Å². The van der Waals surface area contributed by atoms with Gasteiger partial charge in [0.1, 0.15) is 11.5 Å². The molecule has 46 heavy (non-hydrogen) atoms. The first-order chi connectivity index (χ1) is 22.6. The van der Waals surface area contributed by atoms with E-state index in [0.29, 0.717) is 25.3 Å². The lowest BCUT2D eigenvalue weighted by molar-refractivity contribution is -0.144. The Labute approximate surface area is 269 Å². The van der Waals surface area contributed by atoms with Gasteiger partial charge in [-0.1, -0.05) is 109 Å². The van der Waals surface area contributed by atoms with Crippen LogP contribution in [-0.4, -0.2) is 35.9 Å². The number of nitrogens with zero attached hydrogens (tertiary/aromatic N) is 2. The van der Waals surface area contributed by atoms with E-state index in [1.54, 1.807) is 0 Å². The summed E-state index contributed by atoms with van der Waals surface area (Å²) < 4.78 is 17.8. The Morgan fingerprint density at radius 2 is 1.39 bits per heavy atom. The highest BCUT2D eigenvalue weighted by molar-refractivity contribution is 6.13. The van der Waals surface area contributed by atoms with Gasteiger partial charge in [0.25, 0.3) is 0 Å². The van der Waals surface area contributed by atoms with Crippen LogP contribution in [0.25, 0.3) is 22.2 Å². The molecular weight excluding hydrogens is 572 g/mol. The minimum absolute atomic E-state index is 0.280. The van der Waals surface area contributed by atoms with Crippen LogP contribution >= 0.6 is 0 Å². The number of aromatic nitrogens is 1. The van der Waals surface area contributed by atoms with E-state index >= 15 is 0 Å². The molecule has 0 saturated carbocycles. The van der Waals surface area contributed by atoms with Gasteiger partial charge < -0.3 is 13.9 Å². The van der Waals surface area contributed by atoms with Crippen LogP contribution in [0, 0.1) is 6.92 Å². The summed E-state index contributed by atoms with van der Waals surface area (Å²) in [6, 6.07) is 41.2. The third kappa shape index (κ3) is 7.08. The van der Waals surface area contributed by atoms with Crippen LogP contribution in [0.2, 0.25) is 0 Å². The number of aliphatic imine (C=N–C) groups is 1. The number of oxazole rings is 1. The van der Waals surface area contributed by atoms with Crippen LogP contribution in [0.4, 0.5) is 0 Å². The summed E-state index contributed by atoms with van der Waals surface area (Å²) in [6.07, 6.45) is 0.989. The molecule has 0 amide bonds. The number of carbonyl (C=O) groups is 1. The summed E-state index contributed by atoms with van der Waals surface area (Å²) in [5.74, 6) is 1.83. The van der Waals surface area contributed by atoms with Gasteiger partial charge in [0.05, 0.1) is 24.6 Å². The Morgan fingerprint density at radius 3 is 2.04 bits per heavy atom. The first-order valence-electron chi connectivity index (χ1n) is 15.6. The second kappa shape index (κ2) is 14.5. The van der Waals surface area contributed by atoms with Crippen LogP contribution in [0.3, 0.4) is 0 Å². The quantitative estimate of drug-likeness (QED) is 0.103. The molecule has 0 spiro atoms. The van der Waals surface area contributed by atoms with E-state index in [4.69, 9.17) is 23.9 Å². The van der Waals surface area contributed by atoms with Crippen molar-refractivity contribution in [1.82, 2.24) is 4.98 Å². The smallest absolute Gasteiger partial charge is 0.331 e. The zero-order chi connectivity index (χ0) is 31.7. The minimum Gasteiger partial charge on any atom is -0.493 e. The van der Waals surface area contributed by atoms with Crippen molar-refractivity contribution in [3.8, 4) is 17.2 Å². The molecule has 6 rings (SSSR count). The fraction of sp³-hybridized carbons (Fsp3) is 0.175. The van der Waals surface area contributed by atoms with Crippen molar-refractivity contribution >= 4 is 22.5 Å². The molecule has 0 N–H and O–H groups in total. The van der Waals surface area contributed by atoms with Crippen molar-refractivity contribution < 1.29 is 18.7 Å². The molecule has 230 valence electrons. The van der Waals surface area contributed by atoms with Crippen LogP contribution in [0.5, 0.6) is 5.75 Å². The number of aryl methyl sites for hydroxylation is 1. The average Bonchev–Trinajstić information content (AvgIpc) is 3.48. The van der Waals surface area contributed by atoms with E-state index in [1.807, 2.05) is 135 Å². The molecular formula is C40H36N2O4. The maximum absolute atomic E-state index is 13.4. The molecule has 0 radical (unpaired) electrons. The van der Waals surface area contributed by atoms with E-state index in [1.165, 1.54) is 0 Å². The van der Waals surface area contributed by atoms with Gasteiger partial charge in [-0.2, -0.15) is 0 Å². The number of fused-ring (bicyclic) bond motifs is 1. The number of benzene rings is 5. The Hall–Kier alpha value is -5.49. The lowest BCUT2D eigenvalue weighted by atomic mass is 9.97. The summed E-state index contributed by atoms with van der Waals surface area (Å²) in [7, 11) is 0. The Kier molecular flexibility index (Phi) is 9.64. The minimum atomic E-state index is -0.737. The van der Waals surface area contributed by atoms with E-state index in [2.05, 4.69) is 6.07 Å². The molecule has 0 aliphatic carbocycles.